The van der Waals surface area contributed by atoms with Crippen LogP contribution in [0.1, 0.15) is 18.2 Å². The van der Waals surface area contributed by atoms with Gasteiger partial charge in [-0.05, 0) is 35.6 Å². The predicted octanol–water partition coefficient (Wildman–Crippen LogP) is 3.39. The van der Waals surface area contributed by atoms with Gasteiger partial charge < -0.3 is 9.88 Å². The van der Waals surface area contributed by atoms with Crippen molar-refractivity contribution in [3.63, 3.8) is 0 Å². The van der Waals surface area contributed by atoms with Crippen molar-refractivity contribution < 1.29 is 0 Å². The lowest BCUT2D eigenvalue weighted by molar-refractivity contribution is 0.602. The van der Waals surface area contributed by atoms with Crippen LogP contribution in [-0.2, 0) is 19.5 Å². The molecule has 0 atom stereocenters. The van der Waals surface area contributed by atoms with Crippen molar-refractivity contribution in [1.82, 2.24) is 14.9 Å². The van der Waals surface area contributed by atoms with Crippen LogP contribution in [0, 0.1) is 0 Å². The number of aromatic nitrogens is 2. The summed E-state index contributed by atoms with van der Waals surface area (Å²) in [5, 5.41) is 4.79. The van der Waals surface area contributed by atoms with Crippen molar-refractivity contribution >= 4 is 10.9 Å². The number of fused-ring (bicyclic) bond motifs is 1. The topological polar surface area (TPSA) is 29.9 Å². The highest BCUT2D eigenvalue weighted by molar-refractivity contribution is 5.83. The van der Waals surface area contributed by atoms with E-state index in [9.17, 15) is 0 Å². The van der Waals surface area contributed by atoms with Crippen LogP contribution in [0.25, 0.3) is 10.9 Å². The molecule has 2 aromatic heterocycles. The van der Waals surface area contributed by atoms with Gasteiger partial charge in [-0.1, -0.05) is 31.2 Å². The third kappa shape index (κ3) is 3.14. The second-order valence-corrected chi connectivity index (χ2v) is 5.22. The molecule has 0 radical (unpaired) electrons. The van der Waals surface area contributed by atoms with Crippen molar-refractivity contribution in [3.05, 3.63) is 66.1 Å². The summed E-state index contributed by atoms with van der Waals surface area (Å²) in [6.07, 6.45) is 5.10. The lowest BCUT2D eigenvalue weighted by atomic mass is 10.1. The molecule has 3 rings (SSSR count). The van der Waals surface area contributed by atoms with Gasteiger partial charge in [0.2, 0.25) is 0 Å². The van der Waals surface area contributed by atoms with E-state index in [1.807, 2.05) is 24.4 Å². The van der Waals surface area contributed by atoms with Crippen LogP contribution in [0.2, 0.25) is 0 Å². The zero-order valence-electron chi connectivity index (χ0n) is 12.4. The van der Waals surface area contributed by atoms with Crippen molar-refractivity contribution in [2.45, 2.75) is 26.4 Å². The van der Waals surface area contributed by atoms with Crippen molar-refractivity contribution in [2.75, 3.05) is 6.54 Å². The Hall–Kier alpha value is -2.13. The number of nitrogens with one attached hydrogen (secondary N) is 1. The molecule has 0 spiro atoms. The Morgan fingerprint density at radius 3 is 2.86 bits per heavy atom. The molecule has 0 aliphatic heterocycles. The summed E-state index contributed by atoms with van der Waals surface area (Å²) in [5.74, 6) is 0. The molecule has 0 aliphatic carbocycles. The minimum Gasteiger partial charge on any atom is -0.346 e. The van der Waals surface area contributed by atoms with E-state index in [2.05, 4.69) is 52.3 Å². The monoisotopic (exact) mass is 279 g/mol. The third-order valence-corrected chi connectivity index (χ3v) is 3.81. The molecular formula is C18H21N3. The number of hydrogen-bond acceptors (Lipinski definition) is 2. The highest BCUT2D eigenvalue weighted by Crippen LogP contribution is 2.20. The minimum absolute atomic E-state index is 0.820. The Kier molecular flexibility index (Phi) is 4.31. The molecule has 0 bridgehead atoms. The zero-order chi connectivity index (χ0) is 14.5. The zero-order valence-corrected chi connectivity index (χ0v) is 12.4. The average molecular weight is 279 g/mol. The molecule has 2 heterocycles. The molecule has 0 fully saturated rings. The normalized spacial score (nSPS) is 11.1. The first-order chi connectivity index (χ1) is 10.4. The Balaban J connectivity index is 1.63. The fraction of sp³-hybridized carbons (Fsp3) is 0.278. The third-order valence-electron chi connectivity index (χ3n) is 3.81. The average Bonchev–Trinajstić information content (AvgIpc) is 2.96. The van der Waals surface area contributed by atoms with Gasteiger partial charge in [0.05, 0.1) is 11.2 Å². The van der Waals surface area contributed by atoms with E-state index in [1.54, 1.807) is 0 Å². The van der Waals surface area contributed by atoms with E-state index in [1.165, 1.54) is 16.5 Å². The van der Waals surface area contributed by atoms with Gasteiger partial charge >= 0.3 is 0 Å². The van der Waals surface area contributed by atoms with Gasteiger partial charge in [-0.25, -0.2) is 0 Å². The molecule has 3 aromatic rings. The molecular weight excluding hydrogens is 258 g/mol. The van der Waals surface area contributed by atoms with Gasteiger partial charge in [0, 0.05) is 32.0 Å². The molecule has 0 saturated heterocycles. The van der Waals surface area contributed by atoms with Crippen LogP contribution in [-0.4, -0.2) is 16.1 Å². The van der Waals surface area contributed by atoms with E-state index in [-0.39, 0.29) is 0 Å². The van der Waals surface area contributed by atoms with Crippen LogP contribution < -0.4 is 5.32 Å². The van der Waals surface area contributed by atoms with Gasteiger partial charge in [-0.2, -0.15) is 0 Å². The van der Waals surface area contributed by atoms with Crippen molar-refractivity contribution in [2.24, 2.45) is 0 Å². The van der Waals surface area contributed by atoms with Gasteiger partial charge in [0.1, 0.15) is 0 Å². The van der Waals surface area contributed by atoms with Crippen LogP contribution >= 0.6 is 0 Å². The summed E-state index contributed by atoms with van der Waals surface area (Å²) >= 11 is 0. The lowest BCUT2D eigenvalue weighted by Gasteiger charge is -2.09. The molecule has 0 amide bonds. The number of benzene rings is 1. The maximum atomic E-state index is 4.32. The number of para-hydroxylation sites is 1. The molecule has 108 valence electrons. The molecule has 1 N–H and O–H groups in total. The Morgan fingerprint density at radius 1 is 1.10 bits per heavy atom. The maximum absolute atomic E-state index is 4.32. The first-order valence-corrected chi connectivity index (χ1v) is 7.56. The fourth-order valence-corrected chi connectivity index (χ4v) is 2.73. The SMILES string of the molecule is CCc1cccc2ccn(CCNCc3ccccn3)c12. The lowest BCUT2D eigenvalue weighted by Crippen LogP contribution is -2.19. The summed E-state index contributed by atoms with van der Waals surface area (Å²) in [6.45, 7) is 4.96. The van der Waals surface area contributed by atoms with Crippen molar-refractivity contribution in [3.8, 4) is 0 Å². The van der Waals surface area contributed by atoms with E-state index in [4.69, 9.17) is 0 Å². The molecule has 3 nitrogen and oxygen atoms in total. The number of rotatable bonds is 6. The second-order valence-electron chi connectivity index (χ2n) is 5.22. The summed E-state index contributed by atoms with van der Waals surface area (Å²) in [6, 6.07) is 14.8. The van der Waals surface area contributed by atoms with Gasteiger partial charge in [0.25, 0.3) is 0 Å². The highest BCUT2D eigenvalue weighted by atomic mass is 15.0. The maximum Gasteiger partial charge on any atom is 0.0541 e. The van der Waals surface area contributed by atoms with E-state index in [0.29, 0.717) is 0 Å². The standard InChI is InChI=1S/C18H21N3/c1-2-15-6-5-7-16-9-12-21(18(15)16)13-11-19-14-17-8-3-4-10-20-17/h3-10,12,19H,2,11,13-14H2,1H3. The molecule has 0 aliphatic rings. The number of hydrogen-bond donors (Lipinski definition) is 1. The quantitative estimate of drug-likeness (QED) is 0.701. The van der Waals surface area contributed by atoms with Crippen molar-refractivity contribution in [1.29, 1.82) is 0 Å². The summed E-state index contributed by atoms with van der Waals surface area (Å²) in [5.41, 5.74) is 3.88. The van der Waals surface area contributed by atoms with E-state index in [0.717, 1.165) is 31.7 Å². The van der Waals surface area contributed by atoms with Gasteiger partial charge in [0.15, 0.2) is 0 Å². The Bertz CT molecular complexity index is 701. The fourth-order valence-electron chi connectivity index (χ4n) is 2.73. The smallest absolute Gasteiger partial charge is 0.0541 e. The minimum atomic E-state index is 0.820. The molecule has 21 heavy (non-hydrogen) atoms. The number of aryl methyl sites for hydroxylation is 1. The summed E-state index contributed by atoms with van der Waals surface area (Å²) in [4.78, 5) is 4.32. The first kappa shape index (κ1) is 13.8. The number of pyridine rings is 1. The second kappa shape index (κ2) is 6.55. The van der Waals surface area contributed by atoms with Crippen LogP contribution in [0.15, 0.2) is 54.9 Å². The summed E-state index contributed by atoms with van der Waals surface area (Å²) in [7, 11) is 0. The van der Waals surface area contributed by atoms with Crippen LogP contribution in [0.5, 0.6) is 0 Å². The van der Waals surface area contributed by atoms with Gasteiger partial charge in [-0.3, -0.25) is 4.98 Å². The van der Waals surface area contributed by atoms with Crippen LogP contribution in [0.4, 0.5) is 0 Å². The number of nitrogens with zero attached hydrogens (tertiary/aromatic N) is 2. The Morgan fingerprint density at radius 2 is 2.05 bits per heavy atom. The highest BCUT2D eigenvalue weighted by Gasteiger charge is 2.04. The largest absolute Gasteiger partial charge is 0.346 e. The summed E-state index contributed by atoms with van der Waals surface area (Å²) < 4.78 is 2.35. The molecule has 3 heteroatoms. The molecule has 0 saturated carbocycles. The first-order valence-electron chi connectivity index (χ1n) is 7.56. The Labute approximate surface area is 125 Å². The van der Waals surface area contributed by atoms with Gasteiger partial charge in [-0.15, -0.1) is 0 Å². The molecule has 0 unspecified atom stereocenters. The van der Waals surface area contributed by atoms with Crippen LogP contribution in [0.3, 0.4) is 0 Å². The van der Waals surface area contributed by atoms with E-state index < -0.39 is 0 Å². The van der Waals surface area contributed by atoms with E-state index >= 15 is 0 Å². The predicted molar refractivity (Wildman–Crippen MR) is 87.3 cm³/mol. The molecule has 1 aromatic carbocycles.